The Kier molecular flexibility index (Phi) is 4.74. The van der Waals surface area contributed by atoms with Gasteiger partial charge in [0.15, 0.2) is 5.65 Å². The van der Waals surface area contributed by atoms with Crippen LogP contribution in [0.5, 0.6) is 5.75 Å². The molecule has 1 unspecified atom stereocenters. The number of aromatic nitrogens is 3. The van der Waals surface area contributed by atoms with Gasteiger partial charge in [-0.3, -0.25) is 14.8 Å². The van der Waals surface area contributed by atoms with Gasteiger partial charge in [-0.05, 0) is 44.0 Å². The largest absolute Gasteiger partial charge is 0.497 e. The van der Waals surface area contributed by atoms with Crippen LogP contribution in [0.25, 0.3) is 5.65 Å². The van der Waals surface area contributed by atoms with Crippen molar-refractivity contribution in [1.29, 1.82) is 0 Å². The average molecular weight is 366 g/mol. The van der Waals surface area contributed by atoms with Crippen LogP contribution in [0.2, 0.25) is 0 Å². The number of likely N-dealkylation sites (tertiary alicyclic amines) is 1. The fourth-order valence-electron chi connectivity index (χ4n) is 4.02. The zero-order chi connectivity index (χ0) is 19.0. The average Bonchev–Trinajstić information content (AvgIpc) is 3.29. The van der Waals surface area contributed by atoms with Crippen molar-refractivity contribution in [3.05, 3.63) is 63.2 Å². The highest BCUT2D eigenvalue weighted by molar-refractivity contribution is 5.42. The van der Waals surface area contributed by atoms with Crippen LogP contribution in [0.15, 0.2) is 35.1 Å². The number of benzene rings is 1. The molecule has 0 saturated carbocycles. The number of fused-ring (bicyclic) bond motifs is 1. The SMILES string of the molecule is CCc1c(C)nc2cc(C3CCN(Cc4ccc(OC)cc4)C3)[nH]n2c1=O. The van der Waals surface area contributed by atoms with Gasteiger partial charge in [0.1, 0.15) is 5.75 Å². The summed E-state index contributed by atoms with van der Waals surface area (Å²) >= 11 is 0. The first-order chi connectivity index (χ1) is 13.1. The second-order valence-corrected chi connectivity index (χ2v) is 7.31. The number of hydrogen-bond donors (Lipinski definition) is 1. The van der Waals surface area contributed by atoms with E-state index in [1.165, 1.54) is 5.56 Å². The molecule has 4 rings (SSSR count). The summed E-state index contributed by atoms with van der Waals surface area (Å²) in [4.78, 5) is 19.7. The molecule has 0 amide bonds. The molecule has 0 spiro atoms. The molecule has 3 aromatic rings. The first-order valence-electron chi connectivity index (χ1n) is 9.55. The number of rotatable bonds is 5. The number of H-pyrrole nitrogens is 1. The molecule has 1 atom stereocenters. The number of methoxy groups -OCH3 is 1. The van der Waals surface area contributed by atoms with Crippen molar-refractivity contribution < 1.29 is 4.74 Å². The molecule has 2 aromatic heterocycles. The third-order valence-corrected chi connectivity index (χ3v) is 5.57. The van der Waals surface area contributed by atoms with E-state index in [1.807, 2.05) is 32.0 Å². The Morgan fingerprint density at radius 1 is 1.30 bits per heavy atom. The van der Waals surface area contributed by atoms with E-state index in [1.54, 1.807) is 11.6 Å². The van der Waals surface area contributed by atoms with Crippen molar-refractivity contribution in [2.24, 2.45) is 0 Å². The zero-order valence-corrected chi connectivity index (χ0v) is 16.2. The lowest BCUT2D eigenvalue weighted by atomic mass is 10.1. The summed E-state index contributed by atoms with van der Waals surface area (Å²) in [6.45, 7) is 6.87. The first kappa shape index (κ1) is 17.8. The van der Waals surface area contributed by atoms with Gasteiger partial charge < -0.3 is 4.74 Å². The minimum atomic E-state index is 0.0272. The van der Waals surface area contributed by atoms with Gasteiger partial charge in [0.2, 0.25) is 0 Å². The molecule has 1 aliphatic rings. The molecule has 3 heterocycles. The van der Waals surface area contributed by atoms with E-state index in [4.69, 9.17) is 4.74 Å². The minimum Gasteiger partial charge on any atom is -0.497 e. The summed E-state index contributed by atoms with van der Waals surface area (Å²) < 4.78 is 6.83. The first-order valence-corrected chi connectivity index (χ1v) is 9.55. The van der Waals surface area contributed by atoms with Crippen LogP contribution in [0, 0.1) is 6.92 Å². The van der Waals surface area contributed by atoms with Crippen molar-refractivity contribution in [3.63, 3.8) is 0 Å². The van der Waals surface area contributed by atoms with Crippen LogP contribution in [-0.4, -0.2) is 39.7 Å². The molecule has 142 valence electrons. The Balaban J connectivity index is 1.51. The number of aromatic amines is 1. The molecular formula is C21H26N4O2. The number of aryl methyl sites for hydroxylation is 1. The van der Waals surface area contributed by atoms with E-state index >= 15 is 0 Å². The number of hydrogen-bond acceptors (Lipinski definition) is 4. The van der Waals surface area contributed by atoms with Gasteiger partial charge in [-0.1, -0.05) is 19.1 Å². The summed E-state index contributed by atoms with van der Waals surface area (Å²) in [5.41, 5.74) is 4.75. The van der Waals surface area contributed by atoms with Gasteiger partial charge in [0.05, 0.1) is 7.11 Å². The zero-order valence-electron chi connectivity index (χ0n) is 16.2. The van der Waals surface area contributed by atoms with E-state index < -0.39 is 0 Å². The molecule has 0 bridgehead atoms. The van der Waals surface area contributed by atoms with Gasteiger partial charge in [-0.25, -0.2) is 9.50 Å². The number of nitrogens with one attached hydrogen (secondary N) is 1. The summed E-state index contributed by atoms with van der Waals surface area (Å²) in [5, 5.41) is 3.31. The maximum atomic E-state index is 12.6. The monoisotopic (exact) mass is 366 g/mol. The van der Waals surface area contributed by atoms with E-state index in [0.29, 0.717) is 12.3 Å². The van der Waals surface area contributed by atoms with Crippen molar-refractivity contribution in [1.82, 2.24) is 19.5 Å². The topological polar surface area (TPSA) is 62.6 Å². The molecule has 1 aromatic carbocycles. The Labute approximate surface area is 158 Å². The Morgan fingerprint density at radius 2 is 2.07 bits per heavy atom. The summed E-state index contributed by atoms with van der Waals surface area (Å²) in [6, 6.07) is 10.3. The normalized spacial score (nSPS) is 17.7. The van der Waals surface area contributed by atoms with Gasteiger partial charge in [0, 0.05) is 42.0 Å². The number of ether oxygens (including phenoxy) is 1. The number of nitrogens with zero attached hydrogens (tertiary/aromatic N) is 3. The molecule has 0 radical (unpaired) electrons. The van der Waals surface area contributed by atoms with Crippen LogP contribution >= 0.6 is 0 Å². The van der Waals surface area contributed by atoms with Gasteiger partial charge in [-0.15, -0.1) is 0 Å². The van der Waals surface area contributed by atoms with Crippen molar-refractivity contribution >= 4 is 5.65 Å². The molecule has 6 heteroatoms. The Hall–Kier alpha value is -2.60. The van der Waals surface area contributed by atoms with Crippen LogP contribution in [0.3, 0.4) is 0 Å². The maximum Gasteiger partial charge on any atom is 0.276 e. The Morgan fingerprint density at radius 3 is 2.78 bits per heavy atom. The van der Waals surface area contributed by atoms with Crippen molar-refractivity contribution in [2.75, 3.05) is 20.2 Å². The smallest absolute Gasteiger partial charge is 0.276 e. The predicted molar refractivity (Wildman–Crippen MR) is 106 cm³/mol. The standard InChI is InChI=1S/C21H26N4O2/c1-4-18-14(2)22-20-11-19(23-25(20)21(18)26)16-9-10-24(13-16)12-15-5-7-17(27-3)8-6-15/h5-8,11,16,23H,4,9-10,12-13H2,1-3H3. The fourth-order valence-corrected chi connectivity index (χ4v) is 4.02. The van der Waals surface area contributed by atoms with Gasteiger partial charge in [-0.2, -0.15) is 0 Å². The second-order valence-electron chi connectivity index (χ2n) is 7.31. The molecule has 1 saturated heterocycles. The highest BCUT2D eigenvalue weighted by Gasteiger charge is 2.26. The van der Waals surface area contributed by atoms with E-state index in [2.05, 4.69) is 27.1 Å². The predicted octanol–water partition coefficient (Wildman–Crippen LogP) is 2.89. The lowest BCUT2D eigenvalue weighted by Gasteiger charge is -2.16. The van der Waals surface area contributed by atoms with Gasteiger partial charge >= 0.3 is 0 Å². The molecule has 1 N–H and O–H groups in total. The molecular weight excluding hydrogens is 340 g/mol. The molecule has 0 aliphatic carbocycles. The summed E-state index contributed by atoms with van der Waals surface area (Å²) in [6.07, 6.45) is 1.78. The Bertz CT molecular complexity index is 1000. The molecule has 6 nitrogen and oxygen atoms in total. The highest BCUT2D eigenvalue weighted by Crippen LogP contribution is 2.28. The van der Waals surface area contributed by atoms with E-state index in [-0.39, 0.29) is 5.56 Å². The highest BCUT2D eigenvalue weighted by atomic mass is 16.5. The van der Waals surface area contributed by atoms with Crippen molar-refractivity contribution in [2.45, 2.75) is 39.2 Å². The van der Waals surface area contributed by atoms with Crippen LogP contribution in [0.1, 0.15) is 41.8 Å². The lowest BCUT2D eigenvalue weighted by molar-refractivity contribution is 0.326. The quantitative estimate of drug-likeness (QED) is 0.754. The van der Waals surface area contributed by atoms with E-state index in [0.717, 1.165) is 54.4 Å². The van der Waals surface area contributed by atoms with Crippen LogP contribution in [0.4, 0.5) is 0 Å². The van der Waals surface area contributed by atoms with E-state index in [9.17, 15) is 4.79 Å². The van der Waals surface area contributed by atoms with Crippen molar-refractivity contribution in [3.8, 4) is 5.75 Å². The fraction of sp³-hybridized carbons (Fsp3) is 0.429. The maximum absolute atomic E-state index is 12.6. The van der Waals surface area contributed by atoms with Gasteiger partial charge in [0.25, 0.3) is 5.56 Å². The third-order valence-electron chi connectivity index (χ3n) is 5.57. The second kappa shape index (κ2) is 7.19. The van der Waals surface area contributed by atoms with Crippen LogP contribution < -0.4 is 10.3 Å². The summed E-state index contributed by atoms with van der Waals surface area (Å²) in [5.74, 6) is 1.28. The lowest BCUT2D eigenvalue weighted by Crippen LogP contribution is -2.21. The van der Waals surface area contributed by atoms with Crippen LogP contribution in [-0.2, 0) is 13.0 Å². The third kappa shape index (κ3) is 3.37. The molecule has 1 fully saturated rings. The molecule has 27 heavy (non-hydrogen) atoms. The minimum absolute atomic E-state index is 0.0272. The molecule has 1 aliphatic heterocycles. The summed E-state index contributed by atoms with van der Waals surface area (Å²) in [7, 11) is 1.69.